The van der Waals surface area contributed by atoms with E-state index in [1.807, 2.05) is 4.57 Å². The maximum atomic E-state index is 9.26. The summed E-state index contributed by atoms with van der Waals surface area (Å²) in [5.74, 6) is 2.98. The number of hydrogen-bond donors (Lipinski definition) is 1. The van der Waals surface area contributed by atoms with Crippen LogP contribution in [0.25, 0.3) is 0 Å². The maximum absolute atomic E-state index is 9.26. The van der Waals surface area contributed by atoms with E-state index in [2.05, 4.69) is 41.1 Å². The quantitative estimate of drug-likeness (QED) is 0.746. The van der Waals surface area contributed by atoms with Gasteiger partial charge in [-0.1, -0.05) is 37.7 Å². The van der Waals surface area contributed by atoms with E-state index in [9.17, 15) is 5.11 Å². The van der Waals surface area contributed by atoms with Crippen LogP contribution in [-0.4, -0.2) is 30.0 Å². The summed E-state index contributed by atoms with van der Waals surface area (Å²) in [5, 5.41) is 22.1. The van der Waals surface area contributed by atoms with Gasteiger partial charge in [-0.15, -0.1) is 10.2 Å². The van der Waals surface area contributed by atoms with Crippen LogP contribution in [-0.2, 0) is 25.3 Å². The second-order valence-corrected chi connectivity index (χ2v) is 6.14. The molecule has 8 heteroatoms. The van der Waals surface area contributed by atoms with Crippen molar-refractivity contribution in [2.45, 2.75) is 57.7 Å². The molecule has 0 aliphatic rings. The minimum atomic E-state index is -0.105. The van der Waals surface area contributed by atoms with E-state index in [0.717, 1.165) is 30.4 Å². The molecule has 0 saturated heterocycles. The van der Waals surface area contributed by atoms with Crippen LogP contribution >= 0.6 is 11.8 Å². The van der Waals surface area contributed by atoms with Crippen LogP contribution in [0.5, 0.6) is 0 Å². The van der Waals surface area contributed by atoms with Gasteiger partial charge in [-0.05, 0) is 12.3 Å². The highest BCUT2D eigenvalue weighted by Gasteiger charge is 2.14. The van der Waals surface area contributed by atoms with Gasteiger partial charge in [-0.25, -0.2) is 0 Å². The number of aliphatic hydroxyl groups excluding tert-OH is 1. The molecule has 1 N–H and O–H groups in total. The topological polar surface area (TPSA) is 89.9 Å². The summed E-state index contributed by atoms with van der Waals surface area (Å²) in [5.41, 5.74) is 0. The number of aromatic nitrogens is 5. The Hall–Kier alpha value is -1.41. The Kier molecular flexibility index (Phi) is 5.75. The molecule has 2 aromatic rings. The summed E-state index contributed by atoms with van der Waals surface area (Å²) in [4.78, 5) is 4.36. The van der Waals surface area contributed by atoms with Crippen LogP contribution < -0.4 is 0 Å². The largest absolute Gasteiger partial charge is 0.388 e. The third kappa shape index (κ3) is 4.28. The highest BCUT2D eigenvalue weighted by molar-refractivity contribution is 7.98. The van der Waals surface area contributed by atoms with Crippen molar-refractivity contribution in [3.8, 4) is 0 Å². The van der Waals surface area contributed by atoms with Crippen molar-refractivity contribution in [1.29, 1.82) is 0 Å². The second-order valence-electron chi connectivity index (χ2n) is 5.20. The Labute approximate surface area is 128 Å². The van der Waals surface area contributed by atoms with E-state index in [1.165, 1.54) is 11.8 Å². The van der Waals surface area contributed by atoms with E-state index in [4.69, 9.17) is 4.52 Å². The molecule has 0 aliphatic heterocycles. The molecular formula is C13H21N5O2S. The van der Waals surface area contributed by atoms with E-state index in [-0.39, 0.29) is 6.61 Å². The summed E-state index contributed by atoms with van der Waals surface area (Å²) in [6.45, 7) is 7.00. The first-order valence-electron chi connectivity index (χ1n) is 7.11. The van der Waals surface area contributed by atoms with E-state index in [0.29, 0.717) is 23.4 Å². The summed E-state index contributed by atoms with van der Waals surface area (Å²) in [7, 11) is 0. The average molecular weight is 311 g/mol. The predicted octanol–water partition coefficient (Wildman–Crippen LogP) is 2.05. The van der Waals surface area contributed by atoms with Crippen molar-refractivity contribution in [3.63, 3.8) is 0 Å². The predicted molar refractivity (Wildman–Crippen MR) is 78.6 cm³/mol. The molecule has 2 heterocycles. The zero-order valence-electron chi connectivity index (χ0n) is 12.6. The van der Waals surface area contributed by atoms with E-state index in [1.54, 1.807) is 0 Å². The van der Waals surface area contributed by atoms with Gasteiger partial charge in [-0.3, -0.25) is 0 Å². The lowest BCUT2D eigenvalue weighted by Crippen LogP contribution is -2.04. The number of thioether (sulfide) groups is 1. The van der Waals surface area contributed by atoms with Crippen LogP contribution in [0.3, 0.4) is 0 Å². The van der Waals surface area contributed by atoms with Crippen molar-refractivity contribution >= 4 is 11.8 Å². The molecule has 0 amide bonds. The Morgan fingerprint density at radius 3 is 2.81 bits per heavy atom. The normalized spacial score (nSPS) is 11.5. The van der Waals surface area contributed by atoms with E-state index >= 15 is 0 Å². The third-order valence-electron chi connectivity index (χ3n) is 2.81. The smallest absolute Gasteiger partial charge is 0.237 e. The Morgan fingerprint density at radius 1 is 1.33 bits per heavy atom. The molecule has 0 saturated carbocycles. The van der Waals surface area contributed by atoms with Crippen LogP contribution in [0.2, 0.25) is 0 Å². The lowest BCUT2D eigenvalue weighted by atomic mass is 10.1. The van der Waals surface area contributed by atoms with Crippen molar-refractivity contribution in [2.75, 3.05) is 0 Å². The summed E-state index contributed by atoms with van der Waals surface area (Å²) < 4.78 is 7.16. The highest BCUT2D eigenvalue weighted by Crippen LogP contribution is 2.22. The molecule has 0 spiro atoms. The molecule has 0 aliphatic carbocycles. The SMILES string of the molecule is CCCn1c(CO)nnc1SCc1nc(CC(C)C)no1. The molecule has 0 radical (unpaired) electrons. The fourth-order valence-electron chi connectivity index (χ4n) is 1.91. The van der Waals surface area contributed by atoms with Crippen LogP contribution in [0.1, 0.15) is 44.7 Å². The van der Waals surface area contributed by atoms with Crippen molar-refractivity contribution < 1.29 is 9.63 Å². The van der Waals surface area contributed by atoms with Crippen LogP contribution in [0, 0.1) is 5.92 Å². The number of hydrogen-bond acceptors (Lipinski definition) is 7. The van der Waals surface area contributed by atoms with Gasteiger partial charge in [0.25, 0.3) is 0 Å². The van der Waals surface area contributed by atoms with Crippen LogP contribution in [0.4, 0.5) is 0 Å². The van der Waals surface area contributed by atoms with Gasteiger partial charge in [0.2, 0.25) is 5.89 Å². The third-order valence-corrected chi connectivity index (χ3v) is 3.76. The first-order valence-corrected chi connectivity index (χ1v) is 8.09. The standard InChI is InChI=1S/C13H21N5O2S/c1-4-5-18-11(7-19)15-16-13(18)21-8-12-14-10(17-20-12)6-9(2)3/h9,19H,4-8H2,1-3H3. The fourth-order valence-corrected chi connectivity index (χ4v) is 2.73. The highest BCUT2D eigenvalue weighted by atomic mass is 32.2. The molecule has 7 nitrogen and oxygen atoms in total. The summed E-state index contributed by atoms with van der Waals surface area (Å²) in [6.07, 6.45) is 1.77. The van der Waals surface area contributed by atoms with Gasteiger partial charge in [0.05, 0.1) is 5.75 Å². The molecule has 21 heavy (non-hydrogen) atoms. The fraction of sp³-hybridized carbons (Fsp3) is 0.692. The summed E-state index contributed by atoms with van der Waals surface area (Å²) >= 11 is 1.49. The molecule has 0 unspecified atom stereocenters. The number of nitrogens with zero attached hydrogens (tertiary/aromatic N) is 5. The molecule has 116 valence electrons. The molecule has 0 fully saturated rings. The molecule has 0 aromatic carbocycles. The average Bonchev–Trinajstić information content (AvgIpc) is 3.03. The maximum Gasteiger partial charge on any atom is 0.237 e. The van der Waals surface area contributed by atoms with Crippen molar-refractivity contribution in [3.05, 3.63) is 17.5 Å². The molecule has 0 bridgehead atoms. The van der Waals surface area contributed by atoms with Crippen molar-refractivity contribution in [2.24, 2.45) is 5.92 Å². The number of rotatable bonds is 8. The molecule has 2 aromatic heterocycles. The zero-order chi connectivity index (χ0) is 15.2. The van der Waals surface area contributed by atoms with Gasteiger partial charge < -0.3 is 14.2 Å². The molecular weight excluding hydrogens is 290 g/mol. The van der Waals surface area contributed by atoms with E-state index < -0.39 is 0 Å². The van der Waals surface area contributed by atoms with Gasteiger partial charge in [0.1, 0.15) is 6.61 Å². The van der Waals surface area contributed by atoms with Gasteiger partial charge in [0.15, 0.2) is 16.8 Å². The molecule has 2 rings (SSSR count). The Morgan fingerprint density at radius 2 is 2.14 bits per heavy atom. The zero-order valence-corrected chi connectivity index (χ0v) is 13.4. The number of aliphatic hydroxyl groups is 1. The Balaban J connectivity index is 1.99. The summed E-state index contributed by atoms with van der Waals surface area (Å²) in [6, 6.07) is 0. The van der Waals surface area contributed by atoms with Gasteiger partial charge >= 0.3 is 0 Å². The monoisotopic (exact) mass is 311 g/mol. The van der Waals surface area contributed by atoms with Gasteiger partial charge in [-0.2, -0.15) is 4.98 Å². The first kappa shape index (κ1) is 16.0. The second kappa shape index (κ2) is 7.56. The minimum absolute atomic E-state index is 0.105. The molecule has 0 atom stereocenters. The lowest BCUT2D eigenvalue weighted by molar-refractivity contribution is 0.263. The Bertz CT molecular complexity index is 567. The minimum Gasteiger partial charge on any atom is -0.388 e. The van der Waals surface area contributed by atoms with Crippen LogP contribution in [0.15, 0.2) is 9.68 Å². The first-order chi connectivity index (χ1) is 10.1. The van der Waals surface area contributed by atoms with Gasteiger partial charge in [0, 0.05) is 13.0 Å². The lowest BCUT2D eigenvalue weighted by Gasteiger charge is -2.05. The van der Waals surface area contributed by atoms with Crippen molar-refractivity contribution in [1.82, 2.24) is 24.9 Å².